The third-order valence-corrected chi connectivity index (χ3v) is 5.13. The highest BCUT2D eigenvalue weighted by Gasteiger charge is 2.28. The van der Waals surface area contributed by atoms with Gasteiger partial charge in [-0.15, -0.1) is 35.3 Å². The Morgan fingerprint density at radius 3 is 2.59 bits per heavy atom. The Labute approximate surface area is 155 Å². The van der Waals surface area contributed by atoms with Gasteiger partial charge in [-0.1, -0.05) is 19.8 Å². The molecule has 5 nitrogen and oxygen atoms in total. The van der Waals surface area contributed by atoms with Crippen LogP contribution in [0.1, 0.15) is 38.3 Å². The van der Waals surface area contributed by atoms with Crippen LogP contribution in [0.15, 0.2) is 10.4 Å². The largest absolute Gasteiger partial charge is 0.356 e. The van der Waals surface area contributed by atoms with Crippen LogP contribution in [0.5, 0.6) is 0 Å². The number of aliphatic imine (C=N–C) groups is 1. The molecule has 1 heterocycles. The Morgan fingerprint density at radius 2 is 2.05 bits per heavy atom. The summed E-state index contributed by atoms with van der Waals surface area (Å²) >= 11 is 1.66. The first kappa shape index (κ1) is 19.5. The van der Waals surface area contributed by atoms with Crippen molar-refractivity contribution >= 4 is 46.4 Å². The number of thiazole rings is 1. The standard InChI is InChI=1S/C15H27N5S.HI/c1-15(7-5-6-8-15)11-18-13(16-2)17-9-12-10-21-14(19-12)20(3)4;/h10H,5-9,11H2,1-4H3,(H2,16,17,18);1H. The van der Waals surface area contributed by atoms with Crippen molar-refractivity contribution in [2.45, 2.75) is 39.2 Å². The van der Waals surface area contributed by atoms with Crippen molar-refractivity contribution < 1.29 is 0 Å². The zero-order valence-electron chi connectivity index (χ0n) is 14.0. The van der Waals surface area contributed by atoms with Crippen LogP contribution in [0.3, 0.4) is 0 Å². The van der Waals surface area contributed by atoms with Crippen molar-refractivity contribution in [3.8, 4) is 0 Å². The number of guanidine groups is 1. The normalized spacial score (nSPS) is 17.0. The van der Waals surface area contributed by atoms with E-state index in [1.165, 1.54) is 25.7 Å². The maximum Gasteiger partial charge on any atom is 0.191 e. The van der Waals surface area contributed by atoms with E-state index in [1.54, 1.807) is 11.3 Å². The maximum atomic E-state index is 4.57. The third-order valence-electron chi connectivity index (χ3n) is 4.08. The molecule has 0 radical (unpaired) electrons. The van der Waals surface area contributed by atoms with Gasteiger partial charge in [0.05, 0.1) is 12.2 Å². The van der Waals surface area contributed by atoms with Crippen LogP contribution < -0.4 is 15.5 Å². The maximum absolute atomic E-state index is 4.57. The molecule has 0 atom stereocenters. The van der Waals surface area contributed by atoms with Crippen LogP contribution in [0.25, 0.3) is 0 Å². The minimum Gasteiger partial charge on any atom is -0.356 e. The summed E-state index contributed by atoms with van der Waals surface area (Å²) in [5.41, 5.74) is 1.48. The van der Waals surface area contributed by atoms with Crippen molar-refractivity contribution in [3.05, 3.63) is 11.1 Å². The molecule has 1 aliphatic carbocycles. The van der Waals surface area contributed by atoms with Gasteiger partial charge in [0.25, 0.3) is 0 Å². The summed E-state index contributed by atoms with van der Waals surface area (Å²) in [6.07, 6.45) is 5.34. The van der Waals surface area contributed by atoms with Crippen LogP contribution in [0.4, 0.5) is 5.13 Å². The number of rotatable bonds is 5. The van der Waals surface area contributed by atoms with Gasteiger partial charge in [-0.3, -0.25) is 4.99 Å². The van der Waals surface area contributed by atoms with Crippen molar-refractivity contribution in [3.63, 3.8) is 0 Å². The van der Waals surface area contributed by atoms with Crippen molar-refractivity contribution in [2.24, 2.45) is 10.4 Å². The smallest absolute Gasteiger partial charge is 0.191 e. The highest BCUT2D eigenvalue weighted by Crippen LogP contribution is 2.36. The molecule has 1 fully saturated rings. The second-order valence-electron chi connectivity index (χ2n) is 6.31. The van der Waals surface area contributed by atoms with E-state index in [2.05, 4.69) is 32.9 Å². The summed E-state index contributed by atoms with van der Waals surface area (Å²) in [6.45, 7) is 4.07. The fourth-order valence-electron chi connectivity index (χ4n) is 2.68. The fraction of sp³-hybridized carbons (Fsp3) is 0.733. The molecule has 22 heavy (non-hydrogen) atoms. The van der Waals surface area contributed by atoms with E-state index in [0.717, 1.165) is 23.3 Å². The van der Waals surface area contributed by atoms with E-state index >= 15 is 0 Å². The van der Waals surface area contributed by atoms with Crippen LogP contribution in [-0.4, -0.2) is 38.6 Å². The molecule has 0 bridgehead atoms. The lowest BCUT2D eigenvalue weighted by Gasteiger charge is -2.25. The minimum atomic E-state index is 0. The summed E-state index contributed by atoms with van der Waals surface area (Å²) in [6, 6.07) is 0. The van der Waals surface area contributed by atoms with Gasteiger partial charge >= 0.3 is 0 Å². The second kappa shape index (κ2) is 8.90. The van der Waals surface area contributed by atoms with Crippen LogP contribution in [0.2, 0.25) is 0 Å². The lowest BCUT2D eigenvalue weighted by molar-refractivity contribution is 0.334. The molecule has 1 aromatic rings. The number of anilines is 1. The van der Waals surface area contributed by atoms with E-state index in [4.69, 9.17) is 0 Å². The molecular formula is C15H28IN5S. The summed E-state index contributed by atoms with van der Waals surface area (Å²) in [5, 5.41) is 9.93. The zero-order chi connectivity index (χ0) is 15.3. The minimum absolute atomic E-state index is 0. The Bertz CT molecular complexity index is 480. The van der Waals surface area contributed by atoms with Crippen molar-refractivity contribution in [1.82, 2.24) is 15.6 Å². The molecule has 7 heteroatoms. The van der Waals surface area contributed by atoms with E-state index < -0.39 is 0 Å². The van der Waals surface area contributed by atoms with E-state index in [1.807, 2.05) is 26.0 Å². The first-order valence-electron chi connectivity index (χ1n) is 7.59. The molecule has 2 N–H and O–H groups in total. The van der Waals surface area contributed by atoms with Crippen LogP contribution in [0, 0.1) is 5.41 Å². The number of nitrogens with zero attached hydrogens (tertiary/aromatic N) is 3. The Balaban J connectivity index is 0.00000242. The van der Waals surface area contributed by atoms with Gasteiger partial charge in [-0.25, -0.2) is 4.98 Å². The number of aromatic nitrogens is 1. The van der Waals surface area contributed by atoms with Crippen molar-refractivity contribution in [2.75, 3.05) is 32.6 Å². The monoisotopic (exact) mass is 437 g/mol. The van der Waals surface area contributed by atoms with Gasteiger partial charge in [0.15, 0.2) is 11.1 Å². The molecule has 126 valence electrons. The average Bonchev–Trinajstić information content (AvgIpc) is 3.08. The van der Waals surface area contributed by atoms with Gasteiger partial charge in [-0.05, 0) is 18.3 Å². The quantitative estimate of drug-likeness (QED) is 0.423. The summed E-state index contributed by atoms with van der Waals surface area (Å²) in [5.74, 6) is 0.863. The van der Waals surface area contributed by atoms with Gasteiger partial charge in [0.1, 0.15) is 0 Å². The highest BCUT2D eigenvalue weighted by molar-refractivity contribution is 14.0. The van der Waals surface area contributed by atoms with E-state index in [9.17, 15) is 0 Å². The molecule has 0 unspecified atom stereocenters. The molecule has 1 aliphatic rings. The van der Waals surface area contributed by atoms with Gasteiger partial charge in [0.2, 0.25) is 0 Å². The van der Waals surface area contributed by atoms with Gasteiger partial charge in [-0.2, -0.15) is 0 Å². The third kappa shape index (κ3) is 5.57. The van der Waals surface area contributed by atoms with Crippen molar-refractivity contribution in [1.29, 1.82) is 0 Å². The van der Waals surface area contributed by atoms with E-state index in [-0.39, 0.29) is 24.0 Å². The second-order valence-corrected chi connectivity index (χ2v) is 7.15. The molecule has 0 aromatic carbocycles. The highest BCUT2D eigenvalue weighted by atomic mass is 127. The SMILES string of the molecule is CN=C(NCc1csc(N(C)C)n1)NCC1(C)CCCC1.I. The zero-order valence-corrected chi connectivity index (χ0v) is 17.1. The fourth-order valence-corrected chi connectivity index (χ4v) is 3.44. The van der Waals surface area contributed by atoms with Crippen LogP contribution >= 0.6 is 35.3 Å². The first-order chi connectivity index (χ1) is 10.0. The molecule has 0 amide bonds. The summed E-state index contributed by atoms with van der Waals surface area (Å²) < 4.78 is 0. The van der Waals surface area contributed by atoms with Gasteiger partial charge < -0.3 is 15.5 Å². The number of hydrogen-bond acceptors (Lipinski definition) is 4. The van der Waals surface area contributed by atoms with E-state index in [0.29, 0.717) is 12.0 Å². The van der Waals surface area contributed by atoms with Gasteiger partial charge in [0, 0.05) is 33.1 Å². The molecular weight excluding hydrogens is 409 g/mol. The lowest BCUT2D eigenvalue weighted by atomic mass is 9.89. The molecule has 0 aliphatic heterocycles. The number of hydrogen-bond donors (Lipinski definition) is 2. The molecule has 0 saturated heterocycles. The molecule has 2 rings (SSSR count). The Hall–Kier alpha value is -0.570. The average molecular weight is 437 g/mol. The number of nitrogens with one attached hydrogen (secondary N) is 2. The lowest BCUT2D eigenvalue weighted by Crippen LogP contribution is -2.41. The molecule has 1 saturated carbocycles. The molecule has 1 aromatic heterocycles. The molecule has 0 spiro atoms. The predicted molar refractivity (Wildman–Crippen MR) is 107 cm³/mol. The number of halogens is 1. The predicted octanol–water partition coefficient (Wildman–Crippen LogP) is 3.07. The van der Waals surface area contributed by atoms with Crippen LogP contribution in [-0.2, 0) is 6.54 Å². The summed E-state index contributed by atoms with van der Waals surface area (Å²) in [7, 11) is 5.84. The summed E-state index contributed by atoms with van der Waals surface area (Å²) in [4.78, 5) is 10.9. The Morgan fingerprint density at radius 1 is 1.36 bits per heavy atom. The first-order valence-corrected chi connectivity index (χ1v) is 8.47. The topological polar surface area (TPSA) is 52.6 Å². The Kier molecular flexibility index (Phi) is 7.88.